The number of nitrogens with one attached hydrogen (secondary N) is 1. The molecule has 0 aliphatic carbocycles. The summed E-state index contributed by atoms with van der Waals surface area (Å²) in [6.07, 6.45) is 0. The number of amides is 1. The van der Waals surface area contributed by atoms with Crippen LogP contribution in [0.5, 0.6) is 5.75 Å². The third-order valence-corrected chi connectivity index (χ3v) is 3.95. The molecule has 1 heterocycles. The molecule has 1 aromatic carbocycles. The molecule has 0 bridgehead atoms. The topological polar surface area (TPSA) is 50.7 Å². The minimum absolute atomic E-state index is 0.315. The molecule has 0 saturated heterocycles. The van der Waals surface area contributed by atoms with Gasteiger partial charge in [0.2, 0.25) is 0 Å². The van der Waals surface area contributed by atoms with Gasteiger partial charge in [-0.2, -0.15) is 5.10 Å². The lowest BCUT2D eigenvalue weighted by Gasteiger charge is -2.06. The smallest absolute Gasteiger partial charge is 0.275 e. The van der Waals surface area contributed by atoms with Crippen LogP contribution in [-0.4, -0.2) is 18.7 Å². The van der Waals surface area contributed by atoms with Gasteiger partial charge >= 0.3 is 0 Å². The van der Waals surface area contributed by atoms with E-state index in [0.29, 0.717) is 21.4 Å². The van der Waals surface area contributed by atoms with Gasteiger partial charge in [0.25, 0.3) is 5.91 Å². The largest absolute Gasteiger partial charge is 0.496 e. The second-order valence-corrected chi connectivity index (χ2v) is 5.66. The summed E-state index contributed by atoms with van der Waals surface area (Å²) in [7, 11) is 1.52. The number of thiophene rings is 1. The van der Waals surface area contributed by atoms with Gasteiger partial charge in [-0.1, -0.05) is 23.7 Å². The predicted molar refractivity (Wildman–Crippen MR) is 82.0 cm³/mol. The molecular weight excluding hydrogens is 296 g/mol. The van der Waals surface area contributed by atoms with E-state index in [-0.39, 0.29) is 5.91 Å². The molecule has 104 valence electrons. The van der Waals surface area contributed by atoms with Crippen LogP contribution in [0.15, 0.2) is 41.5 Å². The Bertz CT molecular complexity index is 652. The van der Waals surface area contributed by atoms with Crippen molar-refractivity contribution in [1.29, 1.82) is 0 Å². The Morgan fingerprint density at radius 3 is 2.70 bits per heavy atom. The van der Waals surface area contributed by atoms with Crippen LogP contribution >= 0.6 is 22.9 Å². The lowest BCUT2D eigenvalue weighted by atomic mass is 10.2. The van der Waals surface area contributed by atoms with Crippen molar-refractivity contribution in [3.05, 3.63) is 51.2 Å². The Morgan fingerprint density at radius 2 is 2.05 bits per heavy atom. The van der Waals surface area contributed by atoms with Crippen molar-refractivity contribution < 1.29 is 9.53 Å². The molecule has 20 heavy (non-hydrogen) atoms. The van der Waals surface area contributed by atoms with Crippen LogP contribution < -0.4 is 10.2 Å². The second kappa shape index (κ2) is 6.54. The van der Waals surface area contributed by atoms with Gasteiger partial charge in [0.1, 0.15) is 5.75 Å². The molecule has 1 N–H and O–H groups in total. The standard InChI is InChI=1S/C14H13ClN2O2S/c1-9(12-7-8-13(15)20-12)16-17-14(18)10-5-3-4-6-11(10)19-2/h3-8H,1-2H3,(H,17,18)/b16-9-. The molecule has 0 atom stereocenters. The van der Waals surface area contributed by atoms with Crippen molar-refractivity contribution >= 4 is 34.6 Å². The number of para-hydroxylation sites is 1. The molecule has 6 heteroatoms. The average Bonchev–Trinajstić information content (AvgIpc) is 2.91. The van der Waals surface area contributed by atoms with Crippen molar-refractivity contribution in [2.24, 2.45) is 5.10 Å². The molecule has 4 nitrogen and oxygen atoms in total. The van der Waals surface area contributed by atoms with Gasteiger partial charge in [-0.05, 0) is 31.2 Å². The SMILES string of the molecule is COc1ccccc1C(=O)N/N=C(/C)c1ccc(Cl)s1. The fourth-order valence-electron chi connectivity index (χ4n) is 1.59. The van der Waals surface area contributed by atoms with Gasteiger partial charge in [-0.25, -0.2) is 5.43 Å². The third kappa shape index (κ3) is 3.37. The molecule has 0 spiro atoms. The normalized spacial score (nSPS) is 11.2. The maximum absolute atomic E-state index is 12.0. The van der Waals surface area contributed by atoms with E-state index < -0.39 is 0 Å². The van der Waals surface area contributed by atoms with Crippen molar-refractivity contribution in [1.82, 2.24) is 5.43 Å². The highest BCUT2D eigenvalue weighted by atomic mass is 35.5. The molecular formula is C14H13ClN2O2S. The second-order valence-electron chi connectivity index (χ2n) is 3.94. The molecule has 0 aliphatic heterocycles. The summed E-state index contributed by atoms with van der Waals surface area (Å²) in [5, 5.41) is 4.07. The molecule has 2 rings (SSSR count). The fourth-order valence-corrected chi connectivity index (χ4v) is 2.58. The predicted octanol–water partition coefficient (Wildman–Crippen LogP) is 3.56. The molecule has 1 amide bonds. The Hall–Kier alpha value is -1.85. The first-order valence-electron chi connectivity index (χ1n) is 5.85. The number of benzene rings is 1. The van der Waals surface area contributed by atoms with E-state index in [4.69, 9.17) is 16.3 Å². The van der Waals surface area contributed by atoms with Crippen LogP contribution in [0.25, 0.3) is 0 Å². The molecule has 2 aromatic rings. The molecule has 0 saturated carbocycles. The molecule has 0 fully saturated rings. The third-order valence-electron chi connectivity index (χ3n) is 2.61. The van der Waals surface area contributed by atoms with E-state index in [1.165, 1.54) is 18.4 Å². The van der Waals surface area contributed by atoms with Crippen LogP contribution in [0, 0.1) is 0 Å². The number of halogens is 1. The number of ether oxygens (including phenoxy) is 1. The number of carbonyl (C=O) groups is 1. The molecule has 0 aliphatic rings. The lowest BCUT2D eigenvalue weighted by molar-refractivity contribution is 0.0952. The average molecular weight is 309 g/mol. The molecule has 0 unspecified atom stereocenters. The summed E-state index contributed by atoms with van der Waals surface area (Å²) in [5.41, 5.74) is 3.65. The van der Waals surface area contributed by atoms with Gasteiger partial charge < -0.3 is 4.74 Å². The summed E-state index contributed by atoms with van der Waals surface area (Å²) in [6.45, 7) is 1.81. The van der Waals surface area contributed by atoms with Crippen molar-refractivity contribution in [2.45, 2.75) is 6.92 Å². The minimum atomic E-state index is -0.315. The van der Waals surface area contributed by atoms with Gasteiger partial charge in [-0.15, -0.1) is 11.3 Å². The first-order chi connectivity index (χ1) is 9.61. The van der Waals surface area contributed by atoms with Crippen LogP contribution in [0.3, 0.4) is 0 Å². The number of hydrogen-bond donors (Lipinski definition) is 1. The highest BCUT2D eigenvalue weighted by molar-refractivity contribution is 7.18. The zero-order valence-electron chi connectivity index (χ0n) is 11.0. The Labute approximate surface area is 126 Å². The van der Waals surface area contributed by atoms with Gasteiger partial charge in [-0.3, -0.25) is 4.79 Å². The van der Waals surface area contributed by atoms with Gasteiger partial charge in [0, 0.05) is 0 Å². The molecule has 1 aromatic heterocycles. The van der Waals surface area contributed by atoms with E-state index >= 15 is 0 Å². The van der Waals surface area contributed by atoms with E-state index in [2.05, 4.69) is 10.5 Å². The quantitative estimate of drug-likeness (QED) is 0.693. The number of hydrazone groups is 1. The highest BCUT2D eigenvalue weighted by Crippen LogP contribution is 2.22. The van der Waals surface area contributed by atoms with Crippen LogP contribution in [0.1, 0.15) is 22.2 Å². The van der Waals surface area contributed by atoms with E-state index in [9.17, 15) is 4.79 Å². The first-order valence-corrected chi connectivity index (χ1v) is 7.04. The Kier molecular flexibility index (Phi) is 4.76. The number of hydrogen-bond acceptors (Lipinski definition) is 4. The van der Waals surface area contributed by atoms with Crippen LogP contribution in [0.2, 0.25) is 4.34 Å². The highest BCUT2D eigenvalue weighted by Gasteiger charge is 2.11. The summed E-state index contributed by atoms with van der Waals surface area (Å²) in [6, 6.07) is 10.6. The van der Waals surface area contributed by atoms with E-state index in [0.717, 1.165) is 4.88 Å². The Morgan fingerprint density at radius 1 is 1.30 bits per heavy atom. The summed E-state index contributed by atoms with van der Waals surface area (Å²) < 4.78 is 5.82. The van der Waals surface area contributed by atoms with Crippen molar-refractivity contribution in [3.8, 4) is 5.75 Å². The molecule has 0 radical (unpaired) electrons. The number of carbonyl (C=O) groups excluding carboxylic acids is 1. The maximum Gasteiger partial charge on any atom is 0.275 e. The van der Waals surface area contributed by atoms with Crippen LogP contribution in [-0.2, 0) is 0 Å². The monoisotopic (exact) mass is 308 g/mol. The lowest BCUT2D eigenvalue weighted by Crippen LogP contribution is -2.19. The van der Waals surface area contributed by atoms with Gasteiger partial charge in [0.15, 0.2) is 0 Å². The number of rotatable bonds is 4. The maximum atomic E-state index is 12.0. The van der Waals surface area contributed by atoms with Gasteiger partial charge in [0.05, 0.1) is 27.6 Å². The summed E-state index contributed by atoms with van der Waals surface area (Å²) >= 11 is 7.27. The summed E-state index contributed by atoms with van der Waals surface area (Å²) in [5.74, 6) is 0.196. The fraction of sp³-hybridized carbons (Fsp3) is 0.143. The van der Waals surface area contributed by atoms with E-state index in [1.54, 1.807) is 30.3 Å². The zero-order valence-corrected chi connectivity index (χ0v) is 12.6. The van der Waals surface area contributed by atoms with Crippen molar-refractivity contribution in [2.75, 3.05) is 7.11 Å². The minimum Gasteiger partial charge on any atom is -0.496 e. The number of nitrogens with zero attached hydrogens (tertiary/aromatic N) is 1. The van der Waals surface area contributed by atoms with Crippen molar-refractivity contribution in [3.63, 3.8) is 0 Å². The number of methoxy groups -OCH3 is 1. The van der Waals surface area contributed by atoms with E-state index in [1.807, 2.05) is 13.0 Å². The zero-order chi connectivity index (χ0) is 14.5. The Balaban J connectivity index is 2.12. The first kappa shape index (κ1) is 14.6. The van der Waals surface area contributed by atoms with Crippen LogP contribution in [0.4, 0.5) is 0 Å². The summed E-state index contributed by atoms with van der Waals surface area (Å²) in [4.78, 5) is 13.0.